The largest absolute Gasteiger partial charge is 1.00 e. The zero-order valence-corrected chi connectivity index (χ0v) is 36.1. The van der Waals surface area contributed by atoms with Gasteiger partial charge in [-0.15, -0.1) is 0 Å². The zero-order chi connectivity index (χ0) is 40.3. The van der Waals surface area contributed by atoms with Crippen LogP contribution in [-0.2, 0) is 27.9 Å². The van der Waals surface area contributed by atoms with Crippen LogP contribution in [0.15, 0.2) is 121 Å². The van der Waals surface area contributed by atoms with Crippen molar-refractivity contribution in [3.8, 4) is 0 Å². The molecule has 4 aromatic rings. The summed E-state index contributed by atoms with van der Waals surface area (Å²) in [4.78, 5) is 24.2. The first-order valence-corrected chi connectivity index (χ1v) is 21.5. The maximum Gasteiger partial charge on any atom is 1.00 e. The van der Waals surface area contributed by atoms with E-state index in [0.717, 1.165) is 35.0 Å². The topological polar surface area (TPSA) is 112 Å². The maximum atomic E-state index is 15.5. The minimum absolute atomic E-state index is 0. The zero-order valence-electron chi connectivity index (χ0n) is 35.1. The summed E-state index contributed by atoms with van der Waals surface area (Å²) >= 11 is 0. The van der Waals surface area contributed by atoms with Gasteiger partial charge in [0.1, 0.15) is 0 Å². The molecular weight excluding hydrogens is 744 g/mol. The first-order valence-electron chi connectivity index (χ1n) is 17.7. The fraction of sp³-hybridized carbons (Fsp3) is 0.381. The summed E-state index contributed by atoms with van der Waals surface area (Å²) in [6.45, 7) is 9.60. The molecule has 0 aromatic heterocycles. The molecule has 0 aliphatic heterocycles. The number of carbonyl (C=O) groups is 2. The molecule has 0 unspecified atom stereocenters. The minimum Gasteiger partial charge on any atom is -1.00 e. The smallest absolute Gasteiger partial charge is 1.00 e. The summed E-state index contributed by atoms with van der Waals surface area (Å²) in [5.74, 6) is -2.69. The Morgan fingerprint density at radius 3 is 1.02 bits per heavy atom. The summed E-state index contributed by atoms with van der Waals surface area (Å²) in [5.41, 5.74) is -5.22. The summed E-state index contributed by atoms with van der Waals surface area (Å²) in [7, 11) is -3.95. The Balaban J connectivity index is 0.00000105. The van der Waals surface area contributed by atoms with Crippen LogP contribution >= 0.6 is 0 Å². The molecule has 0 saturated carbocycles. The fourth-order valence-electron chi connectivity index (χ4n) is 6.63. The van der Waals surface area contributed by atoms with Gasteiger partial charge in [-0.2, -0.15) is 0 Å². The van der Waals surface area contributed by atoms with Gasteiger partial charge in [0.2, 0.25) is 0 Å². The van der Waals surface area contributed by atoms with Gasteiger partial charge in [0.15, 0.2) is 5.67 Å². The minimum atomic E-state index is -3.13. The fourth-order valence-corrected chi connectivity index (χ4v) is 15.8. The summed E-state index contributed by atoms with van der Waals surface area (Å²) in [5, 5.41) is 21.8. The van der Waals surface area contributed by atoms with E-state index in [1.165, 1.54) is 0 Å². The number of rotatable bonds is 14. The normalized spacial score (nSPS) is 12.2. The van der Waals surface area contributed by atoms with Crippen molar-refractivity contribution in [2.24, 2.45) is 0 Å². The van der Waals surface area contributed by atoms with Crippen LogP contribution in [0, 0.1) is 0 Å². The Morgan fingerprint density at radius 1 is 0.554 bits per heavy atom. The van der Waals surface area contributed by atoms with Crippen LogP contribution in [0.3, 0.4) is 0 Å². The second kappa shape index (κ2) is 21.4. The molecule has 0 fully saturated rings. The van der Waals surface area contributed by atoms with Gasteiger partial charge >= 0.3 is 36.5 Å². The van der Waals surface area contributed by atoms with Crippen LogP contribution in [0.5, 0.6) is 0 Å². The number of ether oxygens (including phenoxy) is 2. The van der Waals surface area contributed by atoms with E-state index < -0.39 is 64.8 Å². The predicted octanol–water partition coefficient (Wildman–Crippen LogP) is 1.61. The van der Waals surface area contributed by atoms with E-state index >= 15 is 4.39 Å². The maximum absolute atomic E-state index is 15.5. The molecular formula is C42H55BF2LiO8Si2. The van der Waals surface area contributed by atoms with Crippen LogP contribution in [0.1, 0.15) is 43.0 Å². The van der Waals surface area contributed by atoms with Crippen LogP contribution in [0.2, 0.25) is 10.1 Å². The third-order valence-electron chi connectivity index (χ3n) is 9.45. The van der Waals surface area contributed by atoms with E-state index in [2.05, 4.69) is 30.2 Å². The quantitative estimate of drug-likeness (QED) is 0.113. The Kier molecular flexibility index (Phi) is 19.3. The summed E-state index contributed by atoms with van der Waals surface area (Å²) < 4.78 is 51.8. The average Bonchev–Trinajstić information content (AvgIpc) is 3.18. The van der Waals surface area contributed by atoms with Gasteiger partial charge in [0.25, 0.3) is 16.6 Å². The number of hydrogen-bond acceptors (Lipinski definition) is 8. The van der Waals surface area contributed by atoms with Gasteiger partial charge in [0.05, 0.1) is 40.6 Å². The van der Waals surface area contributed by atoms with E-state index in [-0.39, 0.29) is 40.3 Å². The number of methoxy groups -OCH3 is 2. The van der Waals surface area contributed by atoms with Gasteiger partial charge in [0, 0.05) is 8.41 Å². The van der Waals surface area contributed by atoms with E-state index in [4.69, 9.17) is 8.85 Å². The van der Waals surface area contributed by atoms with Crippen LogP contribution in [0.4, 0.5) is 8.78 Å². The molecule has 0 atom stereocenters. The molecule has 0 aliphatic rings. The second-order valence-corrected chi connectivity index (χ2v) is 23.8. The number of hydrogen-bond donors (Lipinski definition) is 2. The SMILES string of the molecule is CC(C)(C)[Si](OCC(F)(CO)CO)(c1ccccc1)c1ccccc1.COC(=O)C(F)(CO[Si](c1ccccc1)(c1ccccc1)C(C)(C)C)C(=O)OC.[B].[H-].[Li+]. The van der Waals surface area contributed by atoms with Crippen molar-refractivity contribution in [2.75, 3.05) is 40.6 Å². The standard InChI is InChI=1S/C22H27FO5Si.C20H27FO3Si.B.Li.H/c1-21(2,3)29(17-12-8-6-9-13-17,18-14-10-7-11-15-18)28-16-22(23,19(24)26-4)20(25)27-5;1-19(2,3)25(17-10-6-4-7-11-17,18-12-8-5-9-13-18)24-16-20(21,14-22)15-23;;;/h6-15H,16H2,1-5H3;4-13,22-23H,14-16H2,1-3H3;;;/q;;;+1;-1. The number of halogens is 2. The number of carbonyl (C=O) groups excluding carboxylic acids is 2. The van der Waals surface area contributed by atoms with Crippen molar-refractivity contribution in [2.45, 2.75) is 63.0 Å². The third kappa shape index (κ3) is 11.0. The van der Waals surface area contributed by atoms with Crippen molar-refractivity contribution < 1.29 is 67.2 Å². The second-order valence-electron chi connectivity index (χ2n) is 15.2. The number of alkyl halides is 2. The molecule has 8 nitrogen and oxygen atoms in total. The number of aliphatic hydroxyl groups excluding tert-OH is 2. The molecule has 56 heavy (non-hydrogen) atoms. The van der Waals surface area contributed by atoms with Crippen molar-refractivity contribution >= 4 is 57.7 Å². The van der Waals surface area contributed by atoms with E-state index in [1.807, 2.05) is 142 Å². The van der Waals surface area contributed by atoms with Crippen LogP contribution in [0.25, 0.3) is 0 Å². The van der Waals surface area contributed by atoms with E-state index in [1.54, 1.807) is 0 Å². The molecule has 0 aliphatic carbocycles. The van der Waals surface area contributed by atoms with Gasteiger partial charge in [-0.05, 0) is 30.8 Å². The Hall–Kier alpha value is -3.38. The van der Waals surface area contributed by atoms with Crippen LogP contribution in [-0.4, -0.2) is 99.2 Å². The number of esters is 2. The summed E-state index contributed by atoms with van der Waals surface area (Å²) in [6, 6.07) is 38.8. The molecule has 0 bridgehead atoms. The molecule has 0 saturated heterocycles. The molecule has 4 aromatic carbocycles. The average molecular weight is 800 g/mol. The van der Waals surface area contributed by atoms with Crippen molar-refractivity contribution in [3.05, 3.63) is 121 Å². The Labute approximate surface area is 348 Å². The summed E-state index contributed by atoms with van der Waals surface area (Å²) in [6.07, 6.45) is 0. The van der Waals surface area contributed by atoms with Gasteiger partial charge in [-0.3, -0.25) is 0 Å². The molecule has 14 heteroatoms. The third-order valence-corrected chi connectivity index (χ3v) is 19.4. The monoisotopic (exact) mass is 799 g/mol. The Morgan fingerprint density at radius 2 is 0.804 bits per heavy atom. The molecule has 2 N–H and O–H groups in total. The van der Waals surface area contributed by atoms with Crippen molar-refractivity contribution in [3.63, 3.8) is 0 Å². The van der Waals surface area contributed by atoms with E-state index in [0.29, 0.717) is 0 Å². The van der Waals surface area contributed by atoms with Gasteiger partial charge < -0.3 is 30.0 Å². The Bertz CT molecular complexity index is 1670. The molecule has 0 amide bonds. The van der Waals surface area contributed by atoms with Crippen LogP contribution < -0.4 is 39.6 Å². The first-order chi connectivity index (χ1) is 25.4. The molecule has 0 heterocycles. The first kappa shape index (κ1) is 50.6. The molecule has 0 spiro atoms. The number of benzene rings is 4. The molecule has 297 valence electrons. The number of aliphatic hydroxyl groups is 2. The van der Waals surface area contributed by atoms with E-state index in [9.17, 15) is 24.2 Å². The molecule has 3 radical (unpaired) electrons. The molecule has 4 rings (SSSR count). The van der Waals surface area contributed by atoms with Crippen molar-refractivity contribution in [1.82, 2.24) is 0 Å². The van der Waals surface area contributed by atoms with Crippen molar-refractivity contribution in [1.29, 1.82) is 0 Å². The van der Waals surface area contributed by atoms with Gasteiger partial charge in [-0.1, -0.05) is 163 Å². The van der Waals surface area contributed by atoms with Gasteiger partial charge in [-0.25, -0.2) is 18.4 Å². The predicted molar refractivity (Wildman–Crippen MR) is 220 cm³/mol.